The number of nitrogens with one attached hydrogen (secondary N) is 1. The van der Waals surface area contributed by atoms with Gasteiger partial charge in [-0.25, -0.2) is 9.99 Å². The van der Waals surface area contributed by atoms with Crippen LogP contribution in [0.5, 0.6) is 0 Å². The Hall–Kier alpha value is -1.37. The summed E-state index contributed by atoms with van der Waals surface area (Å²) >= 11 is 5.89. The quantitative estimate of drug-likeness (QED) is 0.795. The van der Waals surface area contributed by atoms with Gasteiger partial charge in [0.15, 0.2) is 5.69 Å². The Balaban J connectivity index is 2.05. The van der Waals surface area contributed by atoms with E-state index in [1.165, 1.54) is 0 Å². The van der Waals surface area contributed by atoms with E-state index in [0.717, 1.165) is 0 Å². The summed E-state index contributed by atoms with van der Waals surface area (Å²) in [5.74, 6) is -0.0919. The Morgan fingerprint density at radius 3 is 2.88 bits per heavy atom. The summed E-state index contributed by atoms with van der Waals surface area (Å²) < 4.78 is 5.18. The van der Waals surface area contributed by atoms with E-state index in [9.17, 15) is 4.79 Å². The molecule has 0 atom stereocenters. The molecule has 6 nitrogen and oxygen atoms in total. The summed E-state index contributed by atoms with van der Waals surface area (Å²) in [6, 6.07) is 3.10. The van der Waals surface area contributed by atoms with Crippen molar-refractivity contribution in [2.45, 2.75) is 0 Å². The molecule has 1 aliphatic heterocycles. The van der Waals surface area contributed by atoms with Crippen LogP contribution in [-0.2, 0) is 4.74 Å². The molecule has 17 heavy (non-hydrogen) atoms. The molecule has 1 amide bonds. The Morgan fingerprint density at radius 2 is 2.18 bits per heavy atom. The predicted molar refractivity (Wildman–Crippen MR) is 63.5 cm³/mol. The third-order valence-electron chi connectivity index (χ3n) is 2.35. The van der Waals surface area contributed by atoms with Crippen LogP contribution in [0.4, 0.5) is 5.82 Å². The van der Waals surface area contributed by atoms with Crippen LogP contribution in [-0.4, -0.2) is 42.2 Å². The highest BCUT2D eigenvalue weighted by molar-refractivity contribution is 6.33. The molecule has 2 heterocycles. The minimum atomic E-state index is -0.357. The summed E-state index contributed by atoms with van der Waals surface area (Å²) in [6.45, 7) is 2.48. The van der Waals surface area contributed by atoms with Gasteiger partial charge in [-0.05, 0) is 12.1 Å². The Bertz CT molecular complexity index is 421. The lowest BCUT2D eigenvalue weighted by atomic mass is 10.3. The first-order valence-electron chi connectivity index (χ1n) is 5.22. The fourth-order valence-corrected chi connectivity index (χ4v) is 1.68. The van der Waals surface area contributed by atoms with Gasteiger partial charge >= 0.3 is 0 Å². The maximum Gasteiger partial charge on any atom is 0.285 e. The molecule has 0 unspecified atom stereocenters. The lowest BCUT2D eigenvalue weighted by Crippen LogP contribution is -2.48. The van der Waals surface area contributed by atoms with E-state index in [-0.39, 0.29) is 22.4 Å². The highest BCUT2D eigenvalue weighted by atomic mass is 35.5. The Morgan fingerprint density at radius 1 is 1.47 bits per heavy atom. The van der Waals surface area contributed by atoms with E-state index in [1.807, 2.05) is 0 Å². The molecular weight excluding hydrogens is 244 g/mol. The van der Waals surface area contributed by atoms with Gasteiger partial charge in [0.05, 0.1) is 18.2 Å². The van der Waals surface area contributed by atoms with Crippen molar-refractivity contribution in [3.63, 3.8) is 0 Å². The molecule has 7 heteroatoms. The van der Waals surface area contributed by atoms with Gasteiger partial charge in [0, 0.05) is 13.1 Å². The third-order valence-corrected chi connectivity index (χ3v) is 2.66. The van der Waals surface area contributed by atoms with Crippen LogP contribution in [0.2, 0.25) is 5.02 Å². The summed E-state index contributed by atoms with van der Waals surface area (Å²) in [5, 5.41) is 2.05. The van der Waals surface area contributed by atoms with Crippen molar-refractivity contribution in [3.8, 4) is 0 Å². The fraction of sp³-hybridized carbons (Fsp3) is 0.400. The molecule has 1 aromatic heterocycles. The van der Waals surface area contributed by atoms with Crippen LogP contribution < -0.4 is 11.2 Å². The number of hydrogen-bond acceptors (Lipinski definition) is 5. The van der Waals surface area contributed by atoms with Crippen LogP contribution >= 0.6 is 11.6 Å². The molecule has 1 aromatic rings. The molecule has 0 aromatic carbocycles. The number of morpholine rings is 1. The number of halogens is 1. The topological polar surface area (TPSA) is 80.5 Å². The predicted octanol–water partition coefficient (Wildman–Crippen LogP) is 0.294. The Kier molecular flexibility index (Phi) is 3.78. The van der Waals surface area contributed by atoms with Gasteiger partial charge in [0.2, 0.25) is 0 Å². The summed E-state index contributed by atoms with van der Waals surface area (Å²) in [6.07, 6.45) is 0. The molecule has 0 radical (unpaired) electrons. The number of carbonyl (C=O) groups excluding carboxylic acids is 1. The number of hydrazine groups is 1. The van der Waals surface area contributed by atoms with Crippen LogP contribution in [0, 0.1) is 0 Å². The highest BCUT2D eigenvalue weighted by Crippen LogP contribution is 2.15. The number of carbonyl (C=O) groups is 1. The van der Waals surface area contributed by atoms with Crippen molar-refractivity contribution in [1.29, 1.82) is 0 Å². The molecule has 1 aliphatic rings. The average molecular weight is 257 g/mol. The van der Waals surface area contributed by atoms with E-state index >= 15 is 0 Å². The fourth-order valence-electron chi connectivity index (χ4n) is 1.49. The Labute approximate surface area is 104 Å². The molecule has 1 fully saturated rings. The summed E-state index contributed by atoms with van der Waals surface area (Å²) in [7, 11) is 0. The van der Waals surface area contributed by atoms with Crippen molar-refractivity contribution in [3.05, 3.63) is 22.8 Å². The number of hydrogen-bond donors (Lipinski definition) is 2. The van der Waals surface area contributed by atoms with Gasteiger partial charge in [0.1, 0.15) is 5.82 Å². The number of pyridine rings is 1. The van der Waals surface area contributed by atoms with Crippen molar-refractivity contribution >= 4 is 23.3 Å². The molecule has 0 spiro atoms. The first kappa shape index (κ1) is 12.1. The van der Waals surface area contributed by atoms with Crippen molar-refractivity contribution in [2.24, 2.45) is 0 Å². The van der Waals surface area contributed by atoms with E-state index in [2.05, 4.69) is 10.4 Å². The third kappa shape index (κ3) is 3.06. The van der Waals surface area contributed by atoms with Crippen molar-refractivity contribution in [1.82, 2.24) is 15.4 Å². The van der Waals surface area contributed by atoms with E-state index in [4.69, 9.17) is 22.1 Å². The second-order valence-corrected chi connectivity index (χ2v) is 4.01. The average Bonchev–Trinajstić information content (AvgIpc) is 2.33. The maximum atomic E-state index is 11.9. The summed E-state index contributed by atoms with van der Waals surface area (Å²) in [4.78, 5) is 15.8. The number of ether oxygens (including phenoxy) is 1. The van der Waals surface area contributed by atoms with Crippen molar-refractivity contribution in [2.75, 3.05) is 32.0 Å². The zero-order valence-electron chi connectivity index (χ0n) is 9.15. The second kappa shape index (κ2) is 5.31. The van der Waals surface area contributed by atoms with Crippen LogP contribution in [0.15, 0.2) is 12.1 Å². The standard InChI is InChI=1S/C10H13ClN4O2/c11-7-1-2-8(12)13-9(7)10(16)14-15-3-5-17-6-4-15/h1-2H,3-6H2,(H2,12,13)(H,14,16). The maximum absolute atomic E-state index is 11.9. The molecular formula is C10H13ClN4O2. The number of aromatic nitrogens is 1. The number of amides is 1. The SMILES string of the molecule is Nc1ccc(Cl)c(C(=O)NN2CCOCC2)n1. The van der Waals surface area contributed by atoms with Gasteiger partial charge in [0.25, 0.3) is 5.91 Å². The molecule has 0 aliphatic carbocycles. The van der Waals surface area contributed by atoms with Crippen molar-refractivity contribution < 1.29 is 9.53 Å². The molecule has 2 rings (SSSR count). The number of rotatable bonds is 2. The van der Waals surface area contributed by atoms with Gasteiger partial charge in [-0.1, -0.05) is 11.6 Å². The number of nitrogen functional groups attached to an aromatic ring is 1. The van der Waals surface area contributed by atoms with Gasteiger partial charge in [-0.2, -0.15) is 0 Å². The smallest absolute Gasteiger partial charge is 0.285 e. The number of nitrogens with two attached hydrogens (primary N) is 1. The molecule has 0 saturated carbocycles. The van der Waals surface area contributed by atoms with E-state index in [1.54, 1.807) is 17.1 Å². The highest BCUT2D eigenvalue weighted by Gasteiger charge is 2.17. The van der Waals surface area contributed by atoms with Crippen LogP contribution in [0.25, 0.3) is 0 Å². The van der Waals surface area contributed by atoms with Crippen LogP contribution in [0.3, 0.4) is 0 Å². The summed E-state index contributed by atoms with van der Waals surface area (Å²) in [5.41, 5.74) is 8.37. The van der Waals surface area contributed by atoms with Crippen LogP contribution in [0.1, 0.15) is 10.5 Å². The minimum Gasteiger partial charge on any atom is -0.384 e. The first-order valence-corrected chi connectivity index (χ1v) is 5.60. The molecule has 3 N–H and O–H groups in total. The minimum absolute atomic E-state index is 0.137. The normalized spacial score (nSPS) is 16.8. The van der Waals surface area contributed by atoms with Gasteiger partial charge in [-0.15, -0.1) is 0 Å². The molecule has 1 saturated heterocycles. The first-order chi connectivity index (χ1) is 8.16. The monoisotopic (exact) mass is 256 g/mol. The number of nitrogens with zero attached hydrogens (tertiary/aromatic N) is 2. The van der Waals surface area contributed by atoms with E-state index in [0.29, 0.717) is 26.3 Å². The van der Waals surface area contributed by atoms with Gasteiger partial charge in [-0.3, -0.25) is 10.2 Å². The lowest BCUT2D eigenvalue weighted by Gasteiger charge is -2.26. The van der Waals surface area contributed by atoms with Gasteiger partial charge < -0.3 is 10.5 Å². The number of anilines is 1. The second-order valence-electron chi connectivity index (χ2n) is 3.61. The largest absolute Gasteiger partial charge is 0.384 e. The van der Waals surface area contributed by atoms with E-state index < -0.39 is 0 Å². The zero-order chi connectivity index (χ0) is 12.3. The molecule has 92 valence electrons. The molecule has 0 bridgehead atoms. The zero-order valence-corrected chi connectivity index (χ0v) is 9.91. The lowest BCUT2D eigenvalue weighted by molar-refractivity contribution is 0.0125.